The highest BCUT2D eigenvalue weighted by Gasteiger charge is 2.51. The van der Waals surface area contributed by atoms with Crippen molar-refractivity contribution in [2.45, 2.75) is 44.9 Å². The second kappa shape index (κ2) is 11.0. The van der Waals surface area contributed by atoms with E-state index in [-0.39, 0.29) is 40.2 Å². The normalized spacial score (nSPS) is 16.3. The Kier molecular flexibility index (Phi) is 7.07. The summed E-state index contributed by atoms with van der Waals surface area (Å²) in [7, 11) is 0. The van der Waals surface area contributed by atoms with Gasteiger partial charge >= 0.3 is 12.0 Å². The van der Waals surface area contributed by atoms with Crippen LogP contribution in [0.1, 0.15) is 53.5 Å². The number of alkyl halides is 2. The molecule has 46 heavy (non-hydrogen) atoms. The molecule has 2 aliphatic rings. The van der Waals surface area contributed by atoms with Gasteiger partial charge in [0.15, 0.2) is 23.0 Å². The van der Waals surface area contributed by atoms with Crippen LogP contribution >= 0.6 is 11.6 Å². The van der Waals surface area contributed by atoms with Crippen LogP contribution in [0.2, 0.25) is 5.02 Å². The quantitative estimate of drug-likeness (QED) is 0.253. The Bertz CT molecular complexity index is 2020. The number of anilines is 1. The third-order valence-corrected chi connectivity index (χ3v) is 8.06. The van der Waals surface area contributed by atoms with Crippen LogP contribution in [0.25, 0.3) is 22.2 Å². The Labute approximate surface area is 263 Å². The maximum atomic E-state index is 15.0. The van der Waals surface area contributed by atoms with E-state index >= 15 is 0 Å². The van der Waals surface area contributed by atoms with Crippen LogP contribution < -0.4 is 15.4 Å². The average Bonchev–Trinajstić information content (AvgIpc) is 3.74. The van der Waals surface area contributed by atoms with E-state index in [1.54, 1.807) is 17.7 Å². The molecule has 2 amide bonds. The molecule has 4 aromatic heterocycles. The van der Waals surface area contributed by atoms with Crippen molar-refractivity contribution in [2.75, 3.05) is 4.90 Å². The van der Waals surface area contributed by atoms with Crippen molar-refractivity contribution in [1.29, 1.82) is 0 Å². The third kappa shape index (κ3) is 5.25. The molecule has 1 aliphatic carbocycles. The maximum Gasteiger partial charge on any atom is 0.482 e. The second-order valence-electron chi connectivity index (χ2n) is 11.1. The summed E-state index contributed by atoms with van der Waals surface area (Å²) in [5.74, 6) is -2.62. The van der Waals surface area contributed by atoms with E-state index in [9.17, 15) is 22.8 Å². The number of carbonyl (C=O) groups is 2. The number of carbonyl (C=O) groups excluding carboxylic acids is 2. The fourth-order valence-corrected chi connectivity index (χ4v) is 5.58. The molecule has 234 valence electrons. The van der Waals surface area contributed by atoms with Crippen molar-refractivity contribution in [1.82, 2.24) is 34.7 Å². The second-order valence-corrected chi connectivity index (χ2v) is 11.5. The molecule has 1 atom stereocenters. The van der Waals surface area contributed by atoms with E-state index in [4.69, 9.17) is 27.1 Å². The number of halogens is 4. The molecule has 0 radical (unpaired) electrons. The van der Waals surface area contributed by atoms with Crippen molar-refractivity contribution in [2.24, 2.45) is 11.7 Å². The number of pyridine rings is 1. The smallest absolute Gasteiger partial charge is 0.423 e. The van der Waals surface area contributed by atoms with Gasteiger partial charge in [-0.2, -0.15) is 13.9 Å². The minimum absolute atomic E-state index is 0.0418. The van der Waals surface area contributed by atoms with E-state index in [2.05, 4.69) is 25.0 Å². The number of primary amides is 1. The van der Waals surface area contributed by atoms with Crippen LogP contribution in [-0.2, 0) is 17.8 Å². The maximum absolute atomic E-state index is 15.0. The van der Waals surface area contributed by atoms with Crippen molar-refractivity contribution < 1.29 is 27.5 Å². The molecule has 5 aromatic rings. The minimum atomic E-state index is -4.20. The van der Waals surface area contributed by atoms with Crippen LogP contribution in [0.4, 0.5) is 18.9 Å². The molecule has 1 aromatic carbocycles. The summed E-state index contributed by atoms with van der Waals surface area (Å²) in [4.78, 5) is 47.6. The monoisotopic (exact) mass is 649 g/mol. The molecule has 0 unspecified atom stereocenters. The number of aromatic nitrogens is 7. The summed E-state index contributed by atoms with van der Waals surface area (Å²) in [5, 5.41) is 5.14. The molecule has 7 rings (SSSR count). The van der Waals surface area contributed by atoms with Gasteiger partial charge in [0.2, 0.25) is 0 Å². The van der Waals surface area contributed by atoms with Crippen LogP contribution in [0, 0.1) is 11.7 Å². The lowest BCUT2D eigenvalue weighted by Crippen LogP contribution is -2.50. The lowest BCUT2D eigenvalue weighted by molar-refractivity contribution is -0.193. The number of benzene rings is 1. The summed E-state index contributed by atoms with van der Waals surface area (Å²) in [5.41, 5.74) is 7.50. The summed E-state index contributed by atoms with van der Waals surface area (Å²) in [6, 6.07) is 3.73. The zero-order chi connectivity index (χ0) is 32.3. The first kappa shape index (κ1) is 29.5. The van der Waals surface area contributed by atoms with E-state index < -0.39 is 29.8 Å². The standard InChI is InChI=1S/C30H23ClF3N9O3/c1-14(27-38-10-18(32)11-39-27)43-28-19(12-40-43)24(25(26(35)44)20(41-28)6-15-2-3-15)16-4-5-21-22(7-16)46-30(33,34)29(45)42(21)13-23-36-8-17(31)9-37-23/h4-5,7-12,14-15H,2-3,6,13H2,1H3,(H2,35,44)/t14-/m0/s1. The predicted molar refractivity (Wildman–Crippen MR) is 158 cm³/mol. The van der Waals surface area contributed by atoms with Crippen molar-refractivity contribution in [3.8, 4) is 16.9 Å². The fraction of sp³-hybridized carbons (Fsp3) is 0.267. The summed E-state index contributed by atoms with van der Waals surface area (Å²) < 4.78 is 49.9. The number of hydrogen-bond acceptors (Lipinski definition) is 9. The molecule has 0 bridgehead atoms. The number of nitrogens with two attached hydrogens (primary N) is 1. The van der Waals surface area contributed by atoms with Gasteiger partial charge < -0.3 is 10.5 Å². The lowest BCUT2D eigenvalue weighted by Gasteiger charge is -2.33. The van der Waals surface area contributed by atoms with Gasteiger partial charge in [0, 0.05) is 23.3 Å². The first-order chi connectivity index (χ1) is 22.0. The number of nitrogens with zero attached hydrogens (tertiary/aromatic N) is 8. The summed E-state index contributed by atoms with van der Waals surface area (Å²) in [6.45, 7) is 1.38. The molecule has 5 heterocycles. The Balaban J connectivity index is 1.39. The van der Waals surface area contributed by atoms with E-state index in [0.29, 0.717) is 40.2 Å². The van der Waals surface area contributed by atoms with Crippen molar-refractivity contribution >= 4 is 40.1 Å². The third-order valence-electron chi connectivity index (χ3n) is 7.87. The molecule has 16 heteroatoms. The van der Waals surface area contributed by atoms with E-state index in [1.807, 2.05) is 0 Å². The number of hydrogen-bond donors (Lipinski definition) is 1. The summed E-state index contributed by atoms with van der Waals surface area (Å²) >= 11 is 5.85. The largest absolute Gasteiger partial charge is 0.482 e. The van der Waals surface area contributed by atoms with Gasteiger partial charge in [-0.1, -0.05) is 17.7 Å². The topological polar surface area (TPSA) is 155 Å². The SMILES string of the molecule is C[C@@H](c1ncc(F)cn1)n1ncc2c(-c3ccc4c(c3)OC(F)(F)C(=O)N4Cc3ncc(Cl)cn3)c(C(N)=O)c(CC3CC3)nc21. The van der Waals surface area contributed by atoms with E-state index in [0.717, 1.165) is 30.1 Å². The van der Waals surface area contributed by atoms with Crippen LogP contribution in [0.15, 0.2) is 49.2 Å². The molecule has 0 spiro atoms. The lowest BCUT2D eigenvalue weighted by atomic mass is 9.93. The summed E-state index contributed by atoms with van der Waals surface area (Å²) in [6.07, 6.45) is 4.31. The molecular formula is C30H23ClF3N9O3. The molecule has 1 aliphatic heterocycles. The highest BCUT2D eigenvalue weighted by Crippen LogP contribution is 2.45. The van der Waals surface area contributed by atoms with Gasteiger partial charge in [-0.15, -0.1) is 0 Å². The van der Waals surface area contributed by atoms with Gasteiger partial charge in [-0.05, 0) is 49.8 Å². The first-order valence-corrected chi connectivity index (χ1v) is 14.5. The molecule has 1 fully saturated rings. The predicted octanol–water partition coefficient (Wildman–Crippen LogP) is 4.65. The van der Waals surface area contributed by atoms with Crippen LogP contribution in [-0.4, -0.2) is 52.6 Å². The Morgan fingerprint density at radius 3 is 2.52 bits per heavy atom. The molecule has 0 saturated heterocycles. The number of ether oxygens (including phenoxy) is 1. The van der Waals surface area contributed by atoms with Crippen LogP contribution in [0.5, 0.6) is 5.75 Å². The zero-order valence-corrected chi connectivity index (χ0v) is 24.7. The van der Waals surface area contributed by atoms with Crippen LogP contribution in [0.3, 0.4) is 0 Å². The van der Waals surface area contributed by atoms with Gasteiger partial charge in [0.1, 0.15) is 11.9 Å². The molecule has 2 N–H and O–H groups in total. The molecular weight excluding hydrogens is 627 g/mol. The number of fused-ring (bicyclic) bond motifs is 2. The fourth-order valence-electron chi connectivity index (χ4n) is 5.49. The van der Waals surface area contributed by atoms with Crippen molar-refractivity contribution in [3.63, 3.8) is 0 Å². The highest BCUT2D eigenvalue weighted by molar-refractivity contribution is 6.30. The minimum Gasteiger partial charge on any atom is -0.423 e. The van der Waals surface area contributed by atoms with Gasteiger partial charge in [0.05, 0.1) is 47.1 Å². The molecule has 12 nitrogen and oxygen atoms in total. The average molecular weight is 650 g/mol. The first-order valence-electron chi connectivity index (χ1n) is 14.2. The molecule has 1 saturated carbocycles. The van der Waals surface area contributed by atoms with Gasteiger partial charge in [0.25, 0.3) is 5.91 Å². The highest BCUT2D eigenvalue weighted by atomic mass is 35.5. The number of rotatable bonds is 8. The Morgan fingerprint density at radius 1 is 1.13 bits per heavy atom. The zero-order valence-electron chi connectivity index (χ0n) is 24.0. The Morgan fingerprint density at radius 2 is 1.85 bits per heavy atom. The van der Waals surface area contributed by atoms with Crippen molar-refractivity contribution in [3.05, 3.63) is 82.9 Å². The van der Waals surface area contributed by atoms with E-state index in [1.165, 1.54) is 30.7 Å². The Hall–Kier alpha value is -5.18. The van der Waals surface area contributed by atoms with Gasteiger partial charge in [-0.3, -0.25) is 14.5 Å². The number of amides is 2. The van der Waals surface area contributed by atoms with Gasteiger partial charge in [-0.25, -0.2) is 34.0 Å².